The van der Waals surface area contributed by atoms with E-state index >= 15 is 0 Å². The van der Waals surface area contributed by atoms with Crippen molar-refractivity contribution < 1.29 is 19.1 Å². The van der Waals surface area contributed by atoms with Gasteiger partial charge in [-0.3, -0.25) is 4.79 Å². The van der Waals surface area contributed by atoms with E-state index in [0.717, 1.165) is 11.3 Å². The van der Waals surface area contributed by atoms with Crippen LogP contribution in [0.5, 0.6) is 5.75 Å². The first kappa shape index (κ1) is 16.6. The predicted molar refractivity (Wildman–Crippen MR) is 85.5 cm³/mol. The molecule has 0 saturated carbocycles. The number of aromatic nitrogens is 1. The number of carbonyl (C=O) groups excluding carboxylic acids is 2. The third-order valence-corrected chi connectivity index (χ3v) is 3.16. The summed E-state index contributed by atoms with van der Waals surface area (Å²) >= 11 is 0. The SMILES string of the molecule is Cc1ccc(OCCNC(=O)COC(=O)c2ccc[nH]2)c(C)c1. The molecule has 0 bridgehead atoms. The van der Waals surface area contributed by atoms with E-state index < -0.39 is 5.97 Å². The quantitative estimate of drug-likeness (QED) is 0.604. The zero-order chi connectivity index (χ0) is 16.7. The maximum absolute atomic E-state index is 11.6. The molecule has 0 saturated heterocycles. The van der Waals surface area contributed by atoms with Crippen LogP contribution in [0.4, 0.5) is 0 Å². The first-order valence-corrected chi connectivity index (χ1v) is 7.33. The maximum atomic E-state index is 11.6. The summed E-state index contributed by atoms with van der Waals surface area (Å²) in [7, 11) is 0. The van der Waals surface area contributed by atoms with Crippen LogP contribution in [0, 0.1) is 13.8 Å². The Hall–Kier alpha value is -2.76. The normalized spacial score (nSPS) is 10.2. The van der Waals surface area contributed by atoms with Crippen LogP contribution in [0.3, 0.4) is 0 Å². The predicted octanol–water partition coefficient (Wildman–Crippen LogP) is 1.98. The molecule has 0 aliphatic carbocycles. The van der Waals surface area contributed by atoms with Crippen molar-refractivity contribution in [2.75, 3.05) is 19.8 Å². The number of hydrogen-bond donors (Lipinski definition) is 2. The van der Waals surface area contributed by atoms with Gasteiger partial charge in [0.2, 0.25) is 0 Å². The number of esters is 1. The highest BCUT2D eigenvalue weighted by atomic mass is 16.5. The van der Waals surface area contributed by atoms with Gasteiger partial charge in [0.25, 0.3) is 5.91 Å². The first-order valence-electron chi connectivity index (χ1n) is 7.33. The highest BCUT2D eigenvalue weighted by molar-refractivity contribution is 5.89. The number of H-pyrrole nitrogens is 1. The summed E-state index contributed by atoms with van der Waals surface area (Å²) in [6.45, 7) is 4.36. The van der Waals surface area contributed by atoms with Crippen LogP contribution in [-0.4, -0.2) is 36.6 Å². The topological polar surface area (TPSA) is 80.4 Å². The van der Waals surface area contributed by atoms with Crippen molar-refractivity contribution in [3.8, 4) is 5.75 Å². The van der Waals surface area contributed by atoms with E-state index in [4.69, 9.17) is 9.47 Å². The Morgan fingerprint density at radius 3 is 2.74 bits per heavy atom. The van der Waals surface area contributed by atoms with Crippen molar-refractivity contribution in [1.29, 1.82) is 0 Å². The number of benzene rings is 1. The molecule has 0 atom stereocenters. The van der Waals surface area contributed by atoms with E-state index in [0.29, 0.717) is 18.8 Å². The molecule has 0 fully saturated rings. The lowest BCUT2D eigenvalue weighted by Gasteiger charge is -2.10. The Morgan fingerprint density at radius 1 is 1.22 bits per heavy atom. The molecule has 0 unspecified atom stereocenters. The molecular formula is C17H20N2O4. The second-order valence-electron chi connectivity index (χ2n) is 5.13. The van der Waals surface area contributed by atoms with Gasteiger partial charge in [-0.25, -0.2) is 4.79 Å². The number of amides is 1. The van der Waals surface area contributed by atoms with Gasteiger partial charge in [0, 0.05) is 6.20 Å². The lowest BCUT2D eigenvalue weighted by Crippen LogP contribution is -2.32. The summed E-state index contributed by atoms with van der Waals surface area (Å²) in [6, 6.07) is 9.18. The van der Waals surface area contributed by atoms with Crippen molar-refractivity contribution in [3.63, 3.8) is 0 Å². The minimum Gasteiger partial charge on any atom is -0.491 e. The fourth-order valence-electron chi connectivity index (χ4n) is 2.03. The van der Waals surface area contributed by atoms with Gasteiger partial charge in [0.1, 0.15) is 18.1 Å². The second kappa shape index (κ2) is 8.03. The Kier molecular flexibility index (Phi) is 5.80. The fourth-order valence-corrected chi connectivity index (χ4v) is 2.03. The molecule has 6 heteroatoms. The minimum atomic E-state index is -0.559. The molecule has 122 valence electrons. The highest BCUT2D eigenvalue weighted by Gasteiger charge is 2.10. The maximum Gasteiger partial charge on any atom is 0.355 e. The molecule has 1 heterocycles. The van der Waals surface area contributed by atoms with Crippen molar-refractivity contribution in [2.24, 2.45) is 0 Å². The van der Waals surface area contributed by atoms with Crippen LogP contribution in [0.15, 0.2) is 36.5 Å². The minimum absolute atomic E-state index is 0.316. The van der Waals surface area contributed by atoms with Gasteiger partial charge in [-0.1, -0.05) is 17.7 Å². The number of carbonyl (C=O) groups is 2. The molecule has 1 aromatic carbocycles. The summed E-state index contributed by atoms with van der Waals surface area (Å²) in [6.07, 6.45) is 1.61. The lowest BCUT2D eigenvalue weighted by molar-refractivity contribution is -0.124. The summed E-state index contributed by atoms with van der Waals surface area (Å²) in [5.74, 6) is -0.131. The first-order chi connectivity index (χ1) is 11.1. The Labute approximate surface area is 134 Å². The highest BCUT2D eigenvalue weighted by Crippen LogP contribution is 2.18. The van der Waals surface area contributed by atoms with E-state index in [-0.39, 0.29) is 12.5 Å². The molecule has 0 aliphatic heterocycles. The van der Waals surface area contributed by atoms with Gasteiger partial charge in [0.15, 0.2) is 6.61 Å². The van der Waals surface area contributed by atoms with E-state index in [1.807, 2.05) is 32.0 Å². The standard InChI is InChI=1S/C17H20N2O4/c1-12-5-6-15(13(2)10-12)22-9-8-19-16(20)11-23-17(21)14-4-3-7-18-14/h3-7,10,18H,8-9,11H2,1-2H3,(H,19,20). The van der Waals surface area contributed by atoms with Crippen LogP contribution in [0.2, 0.25) is 0 Å². The van der Waals surface area contributed by atoms with Gasteiger partial charge in [-0.2, -0.15) is 0 Å². The molecule has 2 rings (SSSR count). The average molecular weight is 316 g/mol. The number of aromatic amines is 1. The number of ether oxygens (including phenoxy) is 2. The fraction of sp³-hybridized carbons (Fsp3) is 0.294. The van der Waals surface area contributed by atoms with Crippen LogP contribution in [0.1, 0.15) is 21.6 Å². The van der Waals surface area contributed by atoms with Gasteiger partial charge in [-0.05, 0) is 37.6 Å². The Bertz CT molecular complexity index is 665. The van der Waals surface area contributed by atoms with E-state index in [1.165, 1.54) is 5.56 Å². The van der Waals surface area contributed by atoms with E-state index in [1.54, 1.807) is 18.3 Å². The third kappa shape index (κ3) is 5.18. The Balaban J connectivity index is 1.64. The monoisotopic (exact) mass is 316 g/mol. The molecule has 2 N–H and O–H groups in total. The molecule has 6 nitrogen and oxygen atoms in total. The van der Waals surface area contributed by atoms with Gasteiger partial charge in [0.05, 0.1) is 6.54 Å². The van der Waals surface area contributed by atoms with Gasteiger partial charge >= 0.3 is 5.97 Å². The van der Waals surface area contributed by atoms with Gasteiger partial charge in [-0.15, -0.1) is 0 Å². The second-order valence-corrected chi connectivity index (χ2v) is 5.13. The van der Waals surface area contributed by atoms with Crippen LogP contribution >= 0.6 is 0 Å². The molecule has 0 radical (unpaired) electrons. The zero-order valence-corrected chi connectivity index (χ0v) is 13.2. The molecule has 23 heavy (non-hydrogen) atoms. The summed E-state index contributed by atoms with van der Waals surface area (Å²) in [4.78, 5) is 25.8. The smallest absolute Gasteiger partial charge is 0.355 e. The van der Waals surface area contributed by atoms with Crippen molar-refractivity contribution in [3.05, 3.63) is 53.3 Å². The third-order valence-electron chi connectivity index (χ3n) is 3.16. The molecule has 0 aliphatic rings. The van der Waals surface area contributed by atoms with Crippen molar-refractivity contribution >= 4 is 11.9 Å². The zero-order valence-electron chi connectivity index (χ0n) is 13.2. The molecule has 0 spiro atoms. The number of aryl methyl sites for hydroxylation is 2. The van der Waals surface area contributed by atoms with Crippen molar-refractivity contribution in [2.45, 2.75) is 13.8 Å². The number of nitrogens with one attached hydrogen (secondary N) is 2. The average Bonchev–Trinajstić information content (AvgIpc) is 3.05. The Morgan fingerprint density at radius 2 is 2.04 bits per heavy atom. The molecule has 1 aromatic heterocycles. The molecule has 2 aromatic rings. The number of hydrogen-bond acceptors (Lipinski definition) is 4. The summed E-state index contributed by atoms with van der Waals surface area (Å²) in [5.41, 5.74) is 2.54. The van der Waals surface area contributed by atoms with Crippen LogP contribution in [-0.2, 0) is 9.53 Å². The van der Waals surface area contributed by atoms with E-state index in [2.05, 4.69) is 10.3 Å². The van der Waals surface area contributed by atoms with Crippen LogP contribution in [0.25, 0.3) is 0 Å². The van der Waals surface area contributed by atoms with E-state index in [9.17, 15) is 9.59 Å². The van der Waals surface area contributed by atoms with Crippen LogP contribution < -0.4 is 10.1 Å². The molecular weight excluding hydrogens is 296 g/mol. The largest absolute Gasteiger partial charge is 0.491 e. The number of rotatable bonds is 7. The van der Waals surface area contributed by atoms with Gasteiger partial charge < -0.3 is 19.8 Å². The summed E-state index contributed by atoms with van der Waals surface area (Å²) in [5, 5.41) is 2.63. The summed E-state index contributed by atoms with van der Waals surface area (Å²) < 4.78 is 10.5. The van der Waals surface area contributed by atoms with Crippen molar-refractivity contribution in [1.82, 2.24) is 10.3 Å². The lowest BCUT2D eigenvalue weighted by atomic mass is 10.1. The molecule has 1 amide bonds.